The summed E-state index contributed by atoms with van der Waals surface area (Å²) < 4.78 is 11.1. The molecule has 152 valence electrons. The maximum atomic E-state index is 12.7. The Kier molecular flexibility index (Phi) is 4.84. The molecule has 5 rings (SSSR count). The Morgan fingerprint density at radius 3 is 2.73 bits per heavy atom. The van der Waals surface area contributed by atoms with E-state index in [9.17, 15) is 9.59 Å². The minimum Gasteiger partial charge on any atom is -0.486 e. The molecule has 1 atom stereocenters. The number of anilines is 2. The lowest BCUT2D eigenvalue weighted by molar-refractivity contribution is -0.122. The zero-order valence-corrected chi connectivity index (χ0v) is 16.9. The van der Waals surface area contributed by atoms with Gasteiger partial charge in [-0.15, -0.1) is 11.3 Å². The summed E-state index contributed by atoms with van der Waals surface area (Å²) in [5, 5.41) is 5.30. The lowest BCUT2D eigenvalue weighted by Crippen LogP contribution is -2.28. The second kappa shape index (κ2) is 7.79. The number of benzene rings is 2. The average molecular weight is 421 g/mol. The molecular weight excluding hydrogens is 402 g/mol. The fourth-order valence-electron chi connectivity index (χ4n) is 3.61. The highest BCUT2D eigenvalue weighted by atomic mass is 32.1. The van der Waals surface area contributed by atoms with Crippen LogP contribution in [0.4, 0.5) is 10.8 Å². The highest BCUT2D eigenvalue weighted by molar-refractivity contribution is 7.14. The number of nitrogens with zero attached hydrogens (tertiary/aromatic N) is 2. The van der Waals surface area contributed by atoms with E-state index in [0.717, 1.165) is 11.3 Å². The summed E-state index contributed by atoms with van der Waals surface area (Å²) in [4.78, 5) is 31.4. The van der Waals surface area contributed by atoms with Gasteiger partial charge in [0.1, 0.15) is 13.2 Å². The van der Waals surface area contributed by atoms with Crippen molar-refractivity contribution in [3.8, 4) is 22.8 Å². The lowest BCUT2D eigenvalue weighted by atomic mass is 10.1. The van der Waals surface area contributed by atoms with E-state index in [1.807, 2.05) is 41.8 Å². The van der Waals surface area contributed by atoms with Crippen molar-refractivity contribution in [3.63, 3.8) is 0 Å². The number of fused-ring (bicyclic) bond motifs is 1. The van der Waals surface area contributed by atoms with Crippen molar-refractivity contribution in [2.75, 3.05) is 30.0 Å². The van der Waals surface area contributed by atoms with Crippen LogP contribution in [0.5, 0.6) is 11.5 Å². The van der Waals surface area contributed by atoms with Crippen molar-refractivity contribution in [1.29, 1.82) is 0 Å². The number of carbonyl (C=O) groups is 2. The summed E-state index contributed by atoms with van der Waals surface area (Å²) in [6, 6.07) is 15.2. The first-order valence-corrected chi connectivity index (χ1v) is 10.6. The number of aromatic nitrogens is 1. The molecule has 7 nitrogen and oxygen atoms in total. The summed E-state index contributed by atoms with van der Waals surface area (Å²) in [6.45, 7) is 1.31. The van der Waals surface area contributed by atoms with Crippen LogP contribution in [0.3, 0.4) is 0 Å². The first kappa shape index (κ1) is 18.6. The number of hydrogen-bond acceptors (Lipinski definition) is 6. The number of hydrogen-bond donors (Lipinski definition) is 1. The van der Waals surface area contributed by atoms with Gasteiger partial charge in [0.15, 0.2) is 16.6 Å². The van der Waals surface area contributed by atoms with E-state index in [1.165, 1.54) is 11.3 Å². The molecule has 0 spiro atoms. The van der Waals surface area contributed by atoms with Gasteiger partial charge in [0.25, 0.3) is 0 Å². The highest BCUT2D eigenvalue weighted by Crippen LogP contribution is 2.36. The van der Waals surface area contributed by atoms with Crippen LogP contribution in [0.1, 0.15) is 6.42 Å². The third-order valence-electron chi connectivity index (χ3n) is 5.14. The molecule has 30 heavy (non-hydrogen) atoms. The van der Waals surface area contributed by atoms with Gasteiger partial charge in [-0.1, -0.05) is 30.3 Å². The Bertz CT molecular complexity index is 1100. The Morgan fingerprint density at radius 2 is 1.90 bits per heavy atom. The third-order valence-corrected chi connectivity index (χ3v) is 5.89. The van der Waals surface area contributed by atoms with Gasteiger partial charge in [0, 0.05) is 35.7 Å². The standard InChI is InChI=1S/C22H19N3O4S/c26-20-10-15(12-25(20)16-6-7-18-19(11-16)29-9-8-28-18)21(27)24-22-23-17(13-30-22)14-4-2-1-3-5-14/h1-7,11,13,15H,8-10,12H2,(H,23,24,27). The number of rotatable bonds is 4. The molecule has 0 aliphatic carbocycles. The second-order valence-electron chi connectivity index (χ2n) is 7.13. The van der Waals surface area contributed by atoms with E-state index in [2.05, 4.69) is 10.3 Å². The number of ether oxygens (including phenoxy) is 2. The number of amides is 2. The van der Waals surface area contributed by atoms with Gasteiger partial charge in [0.05, 0.1) is 11.6 Å². The Balaban J connectivity index is 1.26. The molecule has 2 aliphatic rings. The van der Waals surface area contributed by atoms with Gasteiger partial charge in [-0.05, 0) is 12.1 Å². The molecule has 2 aromatic carbocycles. The van der Waals surface area contributed by atoms with E-state index in [4.69, 9.17) is 9.47 Å². The average Bonchev–Trinajstić information content (AvgIpc) is 3.41. The van der Waals surface area contributed by atoms with Crippen molar-refractivity contribution in [1.82, 2.24) is 4.98 Å². The number of thiazole rings is 1. The zero-order chi connectivity index (χ0) is 20.5. The zero-order valence-electron chi connectivity index (χ0n) is 16.0. The first-order chi connectivity index (χ1) is 14.7. The number of nitrogens with one attached hydrogen (secondary N) is 1. The second-order valence-corrected chi connectivity index (χ2v) is 7.98. The van der Waals surface area contributed by atoms with Crippen LogP contribution in [0.15, 0.2) is 53.9 Å². The highest BCUT2D eigenvalue weighted by Gasteiger charge is 2.36. The van der Waals surface area contributed by atoms with E-state index in [1.54, 1.807) is 17.0 Å². The van der Waals surface area contributed by atoms with Crippen LogP contribution < -0.4 is 19.7 Å². The molecule has 2 amide bonds. The van der Waals surface area contributed by atoms with Gasteiger partial charge >= 0.3 is 0 Å². The van der Waals surface area contributed by atoms with Gasteiger partial charge in [-0.3, -0.25) is 9.59 Å². The van der Waals surface area contributed by atoms with Crippen molar-refractivity contribution in [2.24, 2.45) is 5.92 Å². The molecule has 2 aliphatic heterocycles. The maximum absolute atomic E-state index is 12.7. The van der Waals surface area contributed by atoms with Crippen LogP contribution in [0, 0.1) is 5.92 Å². The Hall–Kier alpha value is -3.39. The molecule has 1 aromatic heterocycles. The van der Waals surface area contributed by atoms with Crippen molar-refractivity contribution >= 4 is 34.0 Å². The van der Waals surface area contributed by atoms with Crippen molar-refractivity contribution < 1.29 is 19.1 Å². The van der Waals surface area contributed by atoms with Gasteiger partial charge in [0.2, 0.25) is 11.8 Å². The van der Waals surface area contributed by atoms with Gasteiger partial charge in [-0.2, -0.15) is 0 Å². The normalized spacial score (nSPS) is 17.8. The van der Waals surface area contributed by atoms with E-state index in [0.29, 0.717) is 42.1 Å². The van der Waals surface area contributed by atoms with Crippen LogP contribution in [0.2, 0.25) is 0 Å². The predicted octanol–water partition coefficient (Wildman–Crippen LogP) is 3.57. The number of carbonyl (C=O) groups excluding carboxylic acids is 2. The fraction of sp³-hybridized carbons (Fsp3) is 0.227. The maximum Gasteiger partial charge on any atom is 0.231 e. The molecule has 0 bridgehead atoms. The summed E-state index contributed by atoms with van der Waals surface area (Å²) in [7, 11) is 0. The molecule has 0 radical (unpaired) electrons. The van der Waals surface area contributed by atoms with E-state index < -0.39 is 5.92 Å². The Labute approximate surface area is 177 Å². The fourth-order valence-corrected chi connectivity index (χ4v) is 4.34. The molecule has 0 saturated carbocycles. The summed E-state index contributed by atoms with van der Waals surface area (Å²) in [6.07, 6.45) is 0.164. The first-order valence-electron chi connectivity index (χ1n) is 9.69. The molecule has 1 fully saturated rings. The van der Waals surface area contributed by atoms with Gasteiger partial charge < -0.3 is 19.7 Å². The summed E-state index contributed by atoms with van der Waals surface area (Å²) in [5.74, 6) is 0.572. The van der Waals surface area contributed by atoms with Crippen LogP contribution >= 0.6 is 11.3 Å². The third kappa shape index (κ3) is 3.61. The smallest absolute Gasteiger partial charge is 0.231 e. The predicted molar refractivity (Wildman–Crippen MR) is 114 cm³/mol. The van der Waals surface area contributed by atoms with Crippen molar-refractivity contribution in [2.45, 2.75) is 6.42 Å². The largest absolute Gasteiger partial charge is 0.486 e. The molecule has 8 heteroatoms. The molecule has 3 aromatic rings. The monoisotopic (exact) mass is 421 g/mol. The van der Waals surface area contributed by atoms with Crippen LogP contribution in [-0.4, -0.2) is 36.6 Å². The molecule has 1 unspecified atom stereocenters. The SMILES string of the molecule is O=C(Nc1nc(-c2ccccc2)cs1)C1CC(=O)N(c2ccc3c(c2)OCCO3)C1. The molecule has 1 N–H and O–H groups in total. The van der Waals surface area contributed by atoms with E-state index >= 15 is 0 Å². The molecule has 1 saturated heterocycles. The summed E-state index contributed by atoms with van der Waals surface area (Å²) in [5.41, 5.74) is 2.52. The lowest BCUT2D eigenvalue weighted by Gasteiger charge is -2.22. The molecule has 3 heterocycles. The minimum absolute atomic E-state index is 0.0871. The quantitative estimate of drug-likeness (QED) is 0.697. The van der Waals surface area contributed by atoms with E-state index in [-0.39, 0.29) is 18.2 Å². The molecular formula is C22H19N3O4S. The van der Waals surface area contributed by atoms with Crippen LogP contribution in [-0.2, 0) is 9.59 Å². The van der Waals surface area contributed by atoms with Crippen LogP contribution in [0.25, 0.3) is 11.3 Å². The van der Waals surface area contributed by atoms with Crippen molar-refractivity contribution in [3.05, 3.63) is 53.9 Å². The minimum atomic E-state index is -0.435. The van der Waals surface area contributed by atoms with Gasteiger partial charge in [-0.25, -0.2) is 4.98 Å². The Morgan fingerprint density at radius 1 is 1.10 bits per heavy atom. The topological polar surface area (TPSA) is 80.8 Å². The summed E-state index contributed by atoms with van der Waals surface area (Å²) >= 11 is 1.37.